The first-order chi connectivity index (χ1) is 15.7. The van der Waals surface area contributed by atoms with Gasteiger partial charge in [-0.25, -0.2) is 0 Å². The third-order valence-corrected chi connectivity index (χ3v) is 5.80. The van der Waals surface area contributed by atoms with E-state index < -0.39 is 0 Å². The summed E-state index contributed by atoms with van der Waals surface area (Å²) in [6, 6.07) is 21.5. The molecule has 3 heterocycles. The van der Waals surface area contributed by atoms with Crippen molar-refractivity contribution in [2.24, 2.45) is 0 Å². The van der Waals surface area contributed by atoms with E-state index in [-0.39, 0.29) is 18.0 Å². The normalized spacial score (nSPS) is 18.5. The molecule has 0 saturated carbocycles. The Morgan fingerprint density at radius 3 is 2.44 bits per heavy atom. The first-order valence-electron chi connectivity index (χ1n) is 10.6. The highest BCUT2D eigenvalue weighted by Crippen LogP contribution is 2.31. The summed E-state index contributed by atoms with van der Waals surface area (Å²) in [4.78, 5) is 23.5. The fraction of sp³-hybridized carbons (Fsp3) is 0.200. The number of likely N-dealkylation sites (tertiary alicyclic amines) is 1. The average molecular weight is 425 g/mol. The molecule has 7 heteroatoms. The van der Waals surface area contributed by atoms with Crippen LogP contribution in [0.25, 0.3) is 22.5 Å². The van der Waals surface area contributed by atoms with Crippen LogP contribution >= 0.6 is 0 Å². The summed E-state index contributed by atoms with van der Waals surface area (Å²) in [5.74, 6) is 1.02. The van der Waals surface area contributed by atoms with Gasteiger partial charge in [0.15, 0.2) is 0 Å². The second kappa shape index (κ2) is 8.72. The molecule has 160 valence electrons. The second-order valence-electron chi connectivity index (χ2n) is 8.00. The minimum atomic E-state index is -0.0772. The molecule has 0 bridgehead atoms. The number of hydrogen-bond acceptors (Lipinski definition) is 6. The fourth-order valence-electron chi connectivity index (χ4n) is 4.09. The predicted molar refractivity (Wildman–Crippen MR) is 121 cm³/mol. The number of likely N-dealkylation sites (N-methyl/N-ethyl adjacent to an activating group) is 1. The van der Waals surface area contributed by atoms with E-state index in [1.54, 1.807) is 12.4 Å². The van der Waals surface area contributed by atoms with E-state index in [0.717, 1.165) is 16.7 Å². The highest BCUT2D eigenvalue weighted by atomic mass is 16.5. The number of aromatic nitrogens is 3. The van der Waals surface area contributed by atoms with Crippen LogP contribution in [0.3, 0.4) is 0 Å². The zero-order chi connectivity index (χ0) is 21.9. The van der Waals surface area contributed by atoms with Crippen LogP contribution in [0.2, 0.25) is 0 Å². The van der Waals surface area contributed by atoms with Crippen molar-refractivity contribution in [2.75, 3.05) is 13.6 Å². The molecule has 2 atom stereocenters. The molecule has 2 aromatic heterocycles. The second-order valence-corrected chi connectivity index (χ2v) is 8.00. The van der Waals surface area contributed by atoms with Gasteiger partial charge < -0.3 is 9.84 Å². The van der Waals surface area contributed by atoms with Crippen LogP contribution in [0, 0.1) is 0 Å². The summed E-state index contributed by atoms with van der Waals surface area (Å²) in [6.07, 6.45) is 4.11. The summed E-state index contributed by atoms with van der Waals surface area (Å²) in [5, 5.41) is 7.25. The molecule has 32 heavy (non-hydrogen) atoms. The lowest BCUT2D eigenvalue weighted by atomic mass is 10.0. The minimum Gasteiger partial charge on any atom is -0.348 e. The van der Waals surface area contributed by atoms with Gasteiger partial charge in [0.1, 0.15) is 0 Å². The topological polar surface area (TPSA) is 84.2 Å². The average Bonchev–Trinajstić information content (AvgIpc) is 3.47. The molecule has 0 radical (unpaired) electrons. The summed E-state index contributed by atoms with van der Waals surface area (Å²) >= 11 is 0. The lowest BCUT2D eigenvalue weighted by Gasteiger charge is -2.14. The Morgan fingerprint density at radius 1 is 0.969 bits per heavy atom. The summed E-state index contributed by atoms with van der Waals surface area (Å²) in [7, 11) is 2.00. The van der Waals surface area contributed by atoms with Crippen molar-refractivity contribution in [1.29, 1.82) is 0 Å². The van der Waals surface area contributed by atoms with Gasteiger partial charge >= 0.3 is 0 Å². The Balaban J connectivity index is 1.23. The number of benzene rings is 2. The summed E-state index contributed by atoms with van der Waals surface area (Å²) < 4.78 is 5.53. The molecule has 5 rings (SSSR count). The van der Waals surface area contributed by atoms with Crippen LogP contribution in [-0.4, -0.2) is 45.6 Å². The van der Waals surface area contributed by atoms with Gasteiger partial charge in [0.25, 0.3) is 5.91 Å². The highest BCUT2D eigenvalue weighted by Gasteiger charge is 2.35. The van der Waals surface area contributed by atoms with Gasteiger partial charge in [-0.2, -0.15) is 4.98 Å². The van der Waals surface area contributed by atoms with E-state index in [2.05, 4.69) is 37.5 Å². The maximum Gasteiger partial charge on any atom is 0.251 e. The molecule has 1 amide bonds. The van der Waals surface area contributed by atoms with Crippen molar-refractivity contribution in [3.05, 3.63) is 90.6 Å². The van der Waals surface area contributed by atoms with Gasteiger partial charge in [0.05, 0.1) is 6.04 Å². The van der Waals surface area contributed by atoms with Crippen molar-refractivity contribution in [2.45, 2.75) is 18.5 Å². The first kappa shape index (κ1) is 20.1. The molecule has 1 aliphatic heterocycles. The Kier molecular flexibility index (Phi) is 5.47. The van der Waals surface area contributed by atoms with Crippen molar-refractivity contribution in [3.8, 4) is 22.5 Å². The third-order valence-electron chi connectivity index (χ3n) is 5.80. The Morgan fingerprint density at radius 2 is 1.69 bits per heavy atom. The van der Waals surface area contributed by atoms with E-state index in [4.69, 9.17) is 4.52 Å². The van der Waals surface area contributed by atoms with E-state index >= 15 is 0 Å². The Hall–Kier alpha value is -3.84. The predicted octanol–water partition coefficient (Wildman–Crippen LogP) is 3.97. The van der Waals surface area contributed by atoms with Crippen LogP contribution in [0.1, 0.15) is 28.7 Å². The molecular formula is C25H23N5O2. The van der Waals surface area contributed by atoms with E-state index in [9.17, 15) is 4.79 Å². The molecule has 2 unspecified atom stereocenters. The smallest absolute Gasteiger partial charge is 0.251 e. The van der Waals surface area contributed by atoms with Crippen LogP contribution in [0.4, 0.5) is 0 Å². The number of pyridine rings is 1. The van der Waals surface area contributed by atoms with Gasteiger partial charge in [0.2, 0.25) is 11.7 Å². The molecule has 2 aromatic carbocycles. The number of carbonyl (C=O) groups excluding carboxylic acids is 1. The molecule has 0 spiro atoms. The van der Waals surface area contributed by atoms with Crippen molar-refractivity contribution in [1.82, 2.24) is 25.3 Å². The van der Waals surface area contributed by atoms with Crippen LogP contribution < -0.4 is 5.32 Å². The van der Waals surface area contributed by atoms with Gasteiger partial charge in [-0.15, -0.1) is 0 Å². The molecule has 1 aliphatic rings. The molecule has 1 fully saturated rings. The highest BCUT2D eigenvalue weighted by molar-refractivity contribution is 5.94. The zero-order valence-corrected chi connectivity index (χ0v) is 17.7. The number of hydrogen-bond donors (Lipinski definition) is 1. The van der Waals surface area contributed by atoms with E-state index in [1.165, 1.54) is 0 Å². The van der Waals surface area contributed by atoms with Crippen molar-refractivity contribution in [3.63, 3.8) is 0 Å². The number of nitrogens with one attached hydrogen (secondary N) is 1. The monoisotopic (exact) mass is 425 g/mol. The molecular weight excluding hydrogens is 402 g/mol. The van der Waals surface area contributed by atoms with Gasteiger partial charge in [-0.05, 0) is 48.9 Å². The maximum absolute atomic E-state index is 12.8. The lowest BCUT2D eigenvalue weighted by molar-refractivity contribution is 0.0938. The number of amides is 1. The Bertz CT molecular complexity index is 1190. The Labute approximate surface area is 186 Å². The van der Waals surface area contributed by atoms with E-state index in [0.29, 0.717) is 30.2 Å². The zero-order valence-electron chi connectivity index (χ0n) is 17.7. The maximum atomic E-state index is 12.8. The lowest BCUT2D eigenvalue weighted by Crippen LogP contribution is -2.36. The molecule has 7 nitrogen and oxygen atoms in total. The summed E-state index contributed by atoms with van der Waals surface area (Å²) in [6.45, 7) is 0.714. The standard InChI is InChI=1S/C25H23N5O2/c1-30-16-21(15-22(30)25-28-23(29-32-25)19-11-13-26-14-12-19)27-24(31)20-9-7-18(8-10-20)17-5-3-2-4-6-17/h2-14,21-22H,15-16H2,1H3,(H,27,31). The first-order valence-corrected chi connectivity index (χ1v) is 10.6. The quantitative estimate of drug-likeness (QED) is 0.521. The molecule has 0 aliphatic carbocycles. The molecule has 1 N–H and O–H groups in total. The van der Waals surface area contributed by atoms with E-state index in [1.807, 2.05) is 61.6 Å². The largest absolute Gasteiger partial charge is 0.348 e. The fourth-order valence-corrected chi connectivity index (χ4v) is 4.09. The van der Waals surface area contributed by atoms with Gasteiger partial charge in [-0.3, -0.25) is 14.7 Å². The molecule has 4 aromatic rings. The van der Waals surface area contributed by atoms with Crippen molar-refractivity contribution >= 4 is 5.91 Å². The van der Waals surface area contributed by atoms with Crippen LogP contribution in [0.5, 0.6) is 0 Å². The van der Waals surface area contributed by atoms with Gasteiger partial charge in [-0.1, -0.05) is 47.6 Å². The van der Waals surface area contributed by atoms with Crippen LogP contribution in [0.15, 0.2) is 83.6 Å². The number of rotatable bonds is 5. The SMILES string of the molecule is CN1CC(NC(=O)c2ccc(-c3ccccc3)cc2)CC1c1nc(-c2ccncc2)no1. The molecule has 1 saturated heterocycles. The minimum absolute atomic E-state index is 0.00238. The third kappa shape index (κ3) is 4.15. The van der Waals surface area contributed by atoms with Crippen molar-refractivity contribution < 1.29 is 9.32 Å². The number of carbonyl (C=O) groups is 1. The van der Waals surface area contributed by atoms with Crippen LogP contribution in [-0.2, 0) is 0 Å². The summed E-state index contributed by atoms with van der Waals surface area (Å²) in [5.41, 5.74) is 3.72. The number of nitrogens with zero attached hydrogens (tertiary/aromatic N) is 4. The van der Waals surface area contributed by atoms with Gasteiger partial charge in [0, 0.05) is 36.1 Å².